The number of nitrogens with zero attached hydrogens (tertiary/aromatic N) is 2. The van der Waals surface area contributed by atoms with E-state index in [0.29, 0.717) is 6.54 Å². The number of halogens is 2. The monoisotopic (exact) mass is 411 g/mol. The second-order valence-corrected chi connectivity index (χ2v) is 6.92. The van der Waals surface area contributed by atoms with Gasteiger partial charge in [0.2, 0.25) is 5.91 Å². The van der Waals surface area contributed by atoms with Gasteiger partial charge in [0.25, 0.3) is 0 Å². The van der Waals surface area contributed by atoms with E-state index in [1.807, 2.05) is 25.5 Å². The largest absolute Gasteiger partial charge is 0.433 e. The summed E-state index contributed by atoms with van der Waals surface area (Å²) in [6.07, 6.45) is 3.03. The van der Waals surface area contributed by atoms with Crippen molar-refractivity contribution in [1.29, 1.82) is 0 Å². The molecule has 0 saturated heterocycles. The first kappa shape index (κ1) is 21.2. The number of carbonyl (C=O) groups excluding carboxylic acids is 1. The van der Waals surface area contributed by atoms with Crippen LogP contribution in [0, 0.1) is 20.8 Å². The average molecular weight is 411 g/mol. The zero-order chi connectivity index (χ0) is 21.7. The number of rotatable bonds is 7. The van der Waals surface area contributed by atoms with Gasteiger partial charge in [-0.25, -0.2) is 0 Å². The fraction of sp³-hybridized carbons (Fsp3) is 0.217. The van der Waals surface area contributed by atoms with E-state index >= 15 is 0 Å². The molecule has 5 nitrogen and oxygen atoms in total. The van der Waals surface area contributed by atoms with E-state index in [9.17, 15) is 13.6 Å². The van der Waals surface area contributed by atoms with Crippen molar-refractivity contribution < 1.29 is 18.3 Å². The molecule has 1 aromatic heterocycles. The Labute approximate surface area is 174 Å². The lowest BCUT2D eigenvalue weighted by atomic mass is 10.1. The SMILES string of the molecule is Cc1ccc(Cn2nc(C)c(/C=C/C(=O)Nc3ccccc3OC(F)F)c2C)cc1. The standard InChI is InChI=1S/C23H23F2N3O2/c1-15-8-10-18(11-9-15)14-28-17(3)19(16(2)27-28)12-13-22(29)26-20-6-4-5-7-21(20)30-23(24)25/h4-13,23H,14H2,1-3H3,(H,26,29)/b13-12+. The van der Waals surface area contributed by atoms with Crippen LogP contribution in [0.5, 0.6) is 5.75 Å². The van der Waals surface area contributed by atoms with Crippen molar-refractivity contribution in [2.75, 3.05) is 5.32 Å². The Morgan fingerprint density at radius 2 is 1.83 bits per heavy atom. The molecule has 0 bridgehead atoms. The zero-order valence-corrected chi connectivity index (χ0v) is 17.0. The minimum absolute atomic E-state index is 0.0903. The van der Waals surface area contributed by atoms with Crippen LogP contribution >= 0.6 is 0 Å². The maximum atomic E-state index is 12.5. The van der Waals surface area contributed by atoms with Gasteiger partial charge in [0.05, 0.1) is 17.9 Å². The maximum absolute atomic E-state index is 12.5. The van der Waals surface area contributed by atoms with Crippen LogP contribution in [0.1, 0.15) is 28.1 Å². The molecular formula is C23H23F2N3O2. The third-order valence-electron chi connectivity index (χ3n) is 4.65. The summed E-state index contributed by atoms with van der Waals surface area (Å²) in [6.45, 7) is 3.52. The van der Waals surface area contributed by atoms with Crippen molar-refractivity contribution in [1.82, 2.24) is 9.78 Å². The van der Waals surface area contributed by atoms with Gasteiger partial charge < -0.3 is 10.1 Å². The molecule has 30 heavy (non-hydrogen) atoms. The fourth-order valence-electron chi connectivity index (χ4n) is 3.07. The second-order valence-electron chi connectivity index (χ2n) is 6.92. The van der Waals surface area contributed by atoms with E-state index in [4.69, 9.17) is 0 Å². The Balaban J connectivity index is 1.72. The molecule has 0 aliphatic heterocycles. The Morgan fingerprint density at radius 1 is 1.13 bits per heavy atom. The first-order chi connectivity index (χ1) is 14.3. The summed E-state index contributed by atoms with van der Waals surface area (Å²) >= 11 is 0. The number of anilines is 1. The first-order valence-electron chi connectivity index (χ1n) is 9.46. The molecule has 0 saturated carbocycles. The molecule has 7 heteroatoms. The van der Waals surface area contributed by atoms with Gasteiger partial charge in [0.15, 0.2) is 0 Å². The van der Waals surface area contributed by atoms with Crippen molar-refractivity contribution in [2.24, 2.45) is 0 Å². The number of ether oxygens (including phenoxy) is 1. The summed E-state index contributed by atoms with van der Waals surface area (Å²) in [5.74, 6) is -0.544. The number of benzene rings is 2. The Kier molecular flexibility index (Phi) is 6.61. The van der Waals surface area contributed by atoms with Gasteiger partial charge in [0.1, 0.15) is 5.75 Å². The first-order valence-corrected chi connectivity index (χ1v) is 9.46. The van der Waals surface area contributed by atoms with Crippen LogP contribution in [0.4, 0.5) is 14.5 Å². The molecule has 3 rings (SSSR count). The van der Waals surface area contributed by atoms with Gasteiger partial charge in [-0.05, 0) is 44.5 Å². The van der Waals surface area contributed by atoms with Crippen molar-refractivity contribution in [3.63, 3.8) is 0 Å². The predicted octanol–water partition coefficient (Wildman–Crippen LogP) is 5.11. The minimum atomic E-state index is -2.97. The average Bonchev–Trinajstić information content (AvgIpc) is 2.96. The normalized spacial score (nSPS) is 11.3. The predicted molar refractivity (Wildman–Crippen MR) is 113 cm³/mol. The lowest BCUT2D eigenvalue weighted by Gasteiger charge is -2.10. The number of aryl methyl sites for hydroxylation is 2. The van der Waals surface area contributed by atoms with Crippen LogP contribution in [0.15, 0.2) is 54.6 Å². The number of alkyl halides is 2. The van der Waals surface area contributed by atoms with Gasteiger partial charge in [-0.1, -0.05) is 42.0 Å². The number of hydrogen-bond donors (Lipinski definition) is 1. The fourth-order valence-corrected chi connectivity index (χ4v) is 3.07. The number of carbonyl (C=O) groups is 1. The molecule has 0 unspecified atom stereocenters. The summed E-state index contributed by atoms with van der Waals surface area (Å²) < 4.78 is 31.4. The summed E-state index contributed by atoms with van der Waals surface area (Å²) in [5, 5.41) is 7.13. The molecule has 0 radical (unpaired) electrons. The number of aromatic nitrogens is 2. The van der Waals surface area contributed by atoms with E-state index in [0.717, 1.165) is 22.5 Å². The zero-order valence-electron chi connectivity index (χ0n) is 17.0. The number of nitrogens with one attached hydrogen (secondary N) is 1. The highest BCUT2D eigenvalue weighted by Crippen LogP contribution is 2.25. The van der Waals surface area contributed by atoms with E-state index < -0.39 is 12.5 Å². The van der Waals surface area contributed by atoms with Crippen molar-refractivity contribution in [2.45, 2.75) is 33.9 Å². The molecule has 1 N–H and O–H groups in total. The maximum Gasteiger partial charge on any atom is 0.387 e. The lowest BCUT2D eigenvalue weighted by molar-refractivity contribution is -0.111. The van der Waals surface area contributed by atoms with Crippen LogP contribution < -0.4 is 10.1 Å². The van der Waals surface area contributed by atoms with Crippen molar-refractivity contribution in [3.05, 3.63) is 82.7 Å². The molecule has 156 valence electrons. The van der Waals surface area contributed by atoms with Gasteiger partial charge in [-0.3, -0.25) is 9.48 Å². The summed E-state index contributed by atoms with van der Waals surface area (Å²) in [7, 11) is 0. The molecule has 0 spiro atoms. The molecule has 2 aromatic carbocycles. The highest BCUT2D eigenvalue weighted by Gasteiger charge is 2.12. The van der Waals surface area contributed by atoms with E-state index in [1.54, 1.807) is 18.2 Å². The van der Waals surface area contributed by atoms with Gasteiger partial charge in [-0.2, -0.15) is 13.9 Å². The molecular weight excluding hydrogens is 388 g/mol. The van der Waals surface area contributed by atoms with E-state index in [1.165, 1.54) is 23.8 Å². The Bertz CT molecular complexity index is 1060. The number of para-hydroxylation sites is 2. The summed E-state index contributed by atoms with van der Waals surface area (Å²) in [5.41, 5.74) is 5.08. The van der Waals surface area contributed by atoms with Crippen LogP contribution in [-0.4, -0.2) is 22.3 Å². The molecule has 3 aromatic rings. The Morgan fingerprint density at radius 3 is 2.53 bits per heavy atom. The van der Waals surface area contributed by atoms with Gasteiger partial charge >= 0.3 is 6.61 Å². The van der Waals surface area contributed by atoms with Crippen LogP contribution in [0.25, 0.3) is 6.08 Å². The van der Waals surface area contributed by atoms with E-state index in [-0.39, 0.29) is 11.4 Å². The smallest absolute Gasteiger partial charge is 0.387 e. The van der Waals surface area contributed by atoms with Crippen LogP contribution in [0.3, 0.4) is 0 Å². The highest BCUT2D eigenvalue weighted by atomic mass is 19.3. The molecule has 1 amide bonds. The second kappa shape index (κ2) is 9.35. The van der Waals surface area contributed by atoms with Gasteiger partial charge in [-0.15, -0.1) is 0 Å². The molecule has 1 heterocycles. The summed E-state index contributed by atoms with van der Waals surface area (Å²) in [4.78, 5) is 12.3. The molecule has 0 atom stereocenters. The number of amides is 1. The quantitative estimate of drug-likeness (QED) is 0.550. The van der Waals surface area contributed by atoms with Gasteiger partial charge in [0, 0.05) is 17.3 Å². The van der Waals surface area contributed by atoms with E-state index in [2.05, 4.69) is 39.4 Å². The lowest BCUT2D eigenvalue weighted by Crippen LogP contribution is -2.11. The van der Waals surface area contributed by atoms with Crippen molar-refractivity contribution >= 4 is 17.7 Å². The third kappa shape index (κ3) is 5.31. The number of hydrogen-bond acceptors (Lipinski definition) is 3. The topological polar surface area (TPSA) is 56.2 Å². The Hall–Kier alpha value is -3.48. The third-order valence-corrected chi connectivity index (χ3v) is 4.65. The summed E-state index contributed by atoms with van der Waals surface area (Å²) in [6, 6.07) is 14.3. The molecule has 0 fully saturated rings. The van der Waals surface area contributed by atoms with Crippen molar-refractivity contribution in [3.8, 4) is 5.75 Å². The van der Waals surface area contributed by atoms with Crippen LogP contribution in [-0.2, 0) is 11.3 Å². The van der Waals surface area contributed by atoms with Crippen LogP contribution in [0.2, 0.25) is 0 Å². The highest BCUT2D eigenvalue weighted by molar-refractivity contribution is 6.02. The minimum Gasteiger partial charge on any atom is -0.433 e. The molecule has 0 aliphatic rings. The molecule has 0 aliphatic carbocycles.